The zero-order valence-corrected chi connectivity index (χ0v) is 12.7. The van der Waals surface area contributed by atoms with E-state index in [1.807, 2.05) is 23.7 Å². The highest BCUT2D eigenvalue weighted by molar-refractivity contribution is 5.67. The van der Waals surface area contributed by atoms with E-state index in [4.69, 9.17) is 4.98 Å². The Bertz CT molecular complexity index is 612. The topological polar surface area (TPSA) is 65.7 Å². The first kappa shape index (κ1) is 14.1. The Hall–Kier alpha value is -1.82. The molecule has 1 saturated heterocycles. The zero-order valence-electron chi connectivity index (χ0n) is 12.7. The number of piperidine rings is 1. The quantitative estimate of drug-likeness (QED) is 0.900. The Labute approximate surface area is 124 Å². The van der Waals surface area contributed by atoms with Crippen LogP contribution in [0.2, 0.25) is 0 Å². The molecule has 21 heavy (non-hydrogen) atoms. The van der Waals surface area contributed by atoms with Gasteiger partial charge in [-0.3, -0.25) is 0 Å². The fraction of sp³-hybridized carbons (Fsp3) is 0.600. The van der Waals surface area contributed by atoms with E-state index in [0.717, 1.165) is 56.2 Å². The third-order valence-corrected chi connectivity index (χ3v) is 4.05. The van der Waals surface area contributed by atoms with E-state index in [0.29, 0.717) is 0 Å². The molecule has 3 rings (SSSR count). The van der Waals surface area contributed by atoms with Gasteiger partial charge in [-0.05, 0) is 26.2 Å². The molecule has 0 radical (unpaired) electrons. The summed E-state index contributed by atoms with van der Waals surface area (Å²) in [5, 5.41) is 13.4. The zero-order chi connectivity index (χ0) is 14.9. The second-order valence-electron chi connectivity index (χ2n) is 6.02. The molecule has 0 saturated carbocycles. The van der Waals surface area contributed by atoms with E-state index in [1.54, 1.807) is 6.20 Å². The highest BCUT2D eigenvalue weighted by Gasteiger charge is 2.29. The van der Waals surface area contributed by atoms with E-state index in [9.17, 15) is 5.11 Å². The van der Waals surface area contributed by atoms with Crippen LogP contribution in [0.1, 0.15) is 33.1 Å². The Morgan fingerprint density at radius 3 is 2.86 bits per heavy atom. The van der Waals surface area contributed by atoms with Crippen molar-refractivity contribution in [3.63, 3.8) is 0 Å². The van der Waals surface area contributed by atoms with Gasteiger partial charge in [-0.15, -0.1) is 0 Å². The summed E-state index contributed by atoms with van der Waals surface area (Å²) in [6.07, 6.45) is 8.29. The van der Waals surface area contributed by atoms with Gasteiger partial charge in [0, 0.05) is 32.0 Å². The first-order valence-corrected chi connectivity index (χ1v) is 7.64. The van der Waals surface area contributed by atoms with Gasteiger partial charge < -0.3 is 19.7 Å². The smallest absolute Gasteiger partial charge is 0.180 e. The van der Waals surface area contributed by atoms with Crippen molar-refractivity contribution in [2.75, 3.05) is 29.9 Å². The van der Waals surface area contributed by atoms with Gasteiger partial charge in [-0.25, -0.2) is 9.97 Å². The number of aliphatic hydroxyl groups is 1. The molecule has 2 aromatic rings. The van der Waals surface area contributed by atoms with Gasteiger partial charge >= 0.3 is 0 Å². The second kappa shape index (κ2) is 5.52. The number of imidazole rings is 1. The minimum absolute atomic E-state index is 0.555. The maximum Gasteiger partial charge on any atom is 0.180 e. The molecular weight excluding hydrogens is 266 g/mol. The molecule has 0 aliphatic carbocycles. The lowest BCUT2D eigenvalue weighted by molar-refractivity contribution is 0.0350. The van der Waals surface area contributed by atoms with Crippen molar-refractivity contribution >= 4 is 17.3 Å². The number of hydrogen-bond acceptors (Lipinski definition) is 5. The van der Waals surface area contributed by atoms with Crippen LogP contribution in [-0.4, -0.2) is 44.7 Å². The standard InChI is InChI=1S/C15H23N5O/c1-3-6-16-12-11-20-10-7-17-13(20)14(18-12)19-8-4-15(2,21)5-9-19/h7,10-11,16,21H,3-6,8-9H2,1-2H3. The number of hydrogen-bond donors (Lipinski definition) is 2. The van der Waals surface area contributed by atoms with Gasteiger partial charge in [-0.1, -0.05) is 6.92 Å². The van der Waals surface area contributed by atoms with E-state index in [1.165, 1.54) is 0 Å². The first-order chi connectivity index (χ1) is 10.1. The van der Waals surface area contributed by atoms with Gasteiger partial charge in [0.1, 0.15) is 5.82 Å². The number of anilines is 2. The Balaban J connectivity index is 1.91. The molecule has 114 valence electrons. The Kier molecular flexibility index (Phi) is 3.71. The summed E-state index contributed by atoms with van der Waals surface area (Å²) in [5.74, 6) is 1.77. The molecular formula is C15H23N5O. The van der Waals surface area contributed by atoms with Crippen molar-refractivity contribution < 1.29 is 5.11 Å². The molecule has 0 aromatic carbocycles. The summed E-state index contributed by atoms with van der Waals surface area (Å²) in [7, 11) is 0. The summed E-state index contributed by atoms with van der Waals surface area (Å²) >= 11 is 0. The monoisotopic (exact) mass is 289 g/mol. The molecule has 6 nitrogen and oxygen atoms in total. The summed E-state index contributed by atoms with van der Waals surface area (Å²) in [6, 6.07) is 0. The number of aromatic nitrogens is 3. The molecule has 1 aliphatic heterocycles. The predicted molar refractivity (Wildman–Crippen MR) is 83.8 cm³/mol. The Morgan fingerprint density at radius 1 is 1.38 bits per heavy atom. The number of nitrogens with one attached hydrogen (secondary N) is 1. The van der Waals surface area contributed by atoms with Gasteiger partial charge in [0.05, 0.1) is 11.8 Å². The fourth-order valence-corrected chi connectivity index (χ4v) is 2.67. The van der Waals surface area contributed by atoms with Crippen molar-refractivity contribution in [3.05, 3.63) is 18.6 Å². The average molecular weight is 289 g/mol. The predicted octanol–water partition coefficient (Wildman–Crippen LogP) is 1.90. The molecule has 0 unspecified atom stereocenters. The lowest BCUT2D eigenvalue weighted by Crippen LogP contribution is -2.43. The molecule has 1 aliphatic rings. The van der Waals surface area contributed by atoms with Crippen molar-refractivity contribution in [3.8, 4) is 0 Å². The minimum atomic E-state index is -0.555. The van der Waals surface area contributed by atoms with Crippen molar-refractivity contribution in [2.24, 2.45) is 0 Å². The Morgan fingerprint density at radius 2 is 2.14 bits per heavy atom. The van der Waals surface area contributed by atoms with Crippen LogP contribution in [0, 0.1) is 0 Å². The van der Waals surface area contributed by atoms with E-state index >= 15 is 0 Å². The van der Waals surface area contributed by atoms with E-state index in [2.05, 4.69) is 22.1 Å². The van der Waals surface area contributed by atoms with Crippen molar-refractivity contribution in [1.29, 1.82) is 0 Å². The van der Waals surface area contributed by atoms with Crippen LogP contribution in [0.15, 0.2) is 18.6 Å². The molecule has 0 amide bonds. The van der Waals surface area contributed by atoms with Crippen molar-refractivity contribution in [1.82, 2.24) is 14.4 Å². The first-order valence-electron chi connectivity index (χ1n) is 7.64. The molecule has 3 heterocycles. The fourth-order valence-electron chi connectivity index (χ4n) is 2.67. The third kappa shape index (κ3) is 2.95. The molecule has 2 aromatic heterocycles. The van der Waals surface area contributed by atoms with E-state index in [-0.39, 0.29) is 0 Å². The highest BCUT2D eigenvalue weighted by atomic mass is 16.3. The summed E-state index contributed by atoms with van der Waals surface area (Å²) in [4.78, 5) is 11.4. The maximum absolute atomic E-state index is 10.1. The van der Waals surface area contributed by atoms with Crippen LogP contribution in [0.5, 0.6) is 0 Å². The molecule has 0 spiro atoms. The maximum atomic E-state index is 10.1. The van der Waals surface area contributed by atoms with Gasteiger partial charge in [0.15, 0.2) is 11.5 Å². The number of nitrogens with zero attached hydrogens (tertiary/aromatic N) is 4. The van der Waals surface area contributed by atoms with Crippen LogP contribution < -0.4 is 10.2 Å². The van der Waals surface area contributed by atoms with Crippen LogP contribution >= 0.6 is 0 Å². The van der Waals surface area contributed by atoms with Gasteiger partial charge in [0.25, 0.3) is 0 Å². The lowest BCUT2D eigenvalue weighted by Gasteiger charge is -2.36. The normalized spacial score (nSPS) is 18.1. The molecule has 2 N–H and O–H groups in total. The van der Waals surface area contributed by atoms with Crippen molar-refractivity contribution in [2.45, 2.75) is 38.7 Å². The summed E-state index contributed by atoms with van der Waals surface area (Å²) in [5.41, 5.74) is 0.318. The highest BCUT2D eigenvalue weighted by Crippen LogP contribution is 2.27. The molecule has 6 heteroatoms. The number of fused-ring (bicyclic) bond motifs is 1. The molecule has 1 fully saturated rings. The van der Waals surface area contributed by atoms with Gasteiger partial charge in [0.2, 0.25) is 0 Å². The molecule has 0 bridgehead atoms. The molecule has 0 atom stereocenters. The minimum Gasteiger partial charge on any atom is -0.390 e. The van der Waals surface area contributed by atoms with Crippen LogP contribution in [-0.2, 0) is 0 Å². The van der Waals surface area contributed by atoms with E-state index < -0.39 is 5.60 Å². The van der Waals surface area contributed by atoms with Crippen LogP contribution in [0.3, 0.4) is 0 Å². The largest absolute Gasteiger partial charge is 0.390 e. The second-order valence-corrected chi connectivity index (χ2v) is 6.02. The van der Waals surface area contributed by atoms with Gasteiger partial charge in [-0.2, -0.15) is 0 Å². The van der Waals surface area contributed by atoms with Crippen LogP contribution in [0.4, 0.5) is 11.6 Å². The summed E-state index contributed by atoms with van der Waals surface area (Å²) in [6.45, 7) is 6.55. The third-order valence-electron chi connectivity index (χ3n) is 4.05. The number of rotatable bonds is 4. The lowest BCUT2D eigenvalue weighted by atomic mass is 9.94. The average Bonchev–Trinajstić information content (AvgIpc) is 2.92. The van der Waals surface area contributed by atoms with Crippen LogP contribution in [0.25, 0.3) is 5.65 Å². The summed E-state index contributed by atoms with van der Waals surface area (Å²) < 4.78 is 2.01. The SMILES string of the molecule is CCCNc1cn2ccnc2c(N2CCC(C)(O)CC2)n1.